The summed E-state index contributed by atoms with van der Waals surface area (Å²) in [6.07, 6.45) is 0. The second-order valence-corrected chi connectivity index (χ2v) is 5.00. The summed E-state index contributed by atoms with van der Waals surface area (Å²) < 4.78 is 0. The first-order valence-electron chi connectivity index (χ1n) is 7.73. The molecule has 0 bridgehead atoms. The first kappa shape index (κ1) is 19.0. The average Bonchev–Trinajstić information content (AvgIpc) is 2.65. The maximum absolute atomic E-state index is 10.6. The molecular formula is C22H22O2. The summed E-state index contributed by atoms with van der Waals surface area (Å²) in [7, 11) is 0. The maximum Gasteiger partial charge on any atom is 0.159 e. The van der Waals surface area contributed by atoms with E-state index in [1.54, 1.807) is 13.8 Å². The molecule has 0 amide bonds. The molecule has 0 aliphatic rings. The minimum atomic E-state index is 0.121. The van der Waals surface area contributed by atoms with Crippen LogP contribution < -0.4 is 0 Å². The molecular weight excluding hydrogens is 296 g/mol. The number of rotatable bonds is 2. The van der Waals surface area contributed by atoms with Gasteiger partial charge in [0, 0.05) is 11.1 Å². The molecule has 0 saturated heterocycles. The van der Waals surface area contributed by atoms with Crippen molar-refractivity contribution < 1.29 is 9.59 Å². The van der Waals surface area contributed by atoms with Crippen molar-refractivity contribution in [1.82, 2.24) is 0 Å². The van der Waals surface area contributed by atoms with E-state index in [4.69, 9.17) is 0 Å². The van der Waals surface area contributed by atoms with Crippen molar-refractivity contribution in [3.63, 3.8) is 0 Å². The average molecular weight is 318 g/mol. The number of carbonyl (C=O) groups excluding carboxylic acids is 2. The minimum Gasteiger partial charge on any atom is -0.295 e. The third kappa shape index (κ3) is 8.44. The Kier molecular flexibility index (Phi) is 9.17. The Morgan fingerprint density at radius 3 is 0.833 bits per heavy atom. The number of hydrogen-bond donors (Lipinski definition) is 0. The summed E-state index contributed by atoms with van der Waals surface area (Å²) in [6, 6.07) is 30.5. The molecule has 0 saturated carbocycles. The molecule has 0 aromatic heterocycles. The van der Waals surface area contributed by atoms with Crippen molar-refractivity contribution in [2.45, 2.75) is 13.8 Å². The molecule has 0 unspecified atom stereocenters. The molecule has 0 spiro atoms. The van der Waals surface area contributed by atoms with E-state index in [0.717, 1.165) is 11.1 Å². The van der Waals surface area contributed by atoms with Crippen LogP contribution in [0, 0.1) is 0 Å². The van der Waals surface area contributed by atoms with Crippen molar-refractivity contribution in [2.24, 2.45) is 0 Å². The van der Waals surface area contributed by atoms with Gasteiger partial charge < -0.3 is 0 Å². The summed E-state index contributed by atoms with van der Waals surface area (Å²) >= 11 is 0. The Balaban J connectivity index is 0.000000184. The quantitative estimate of drug-likeness (QED) is 0.587. The largest absolute Gasteiger partial charge is 0.295 e. The van der Waals surface area contributed by atoms with Gasteiger partial charge in [-0.25, -0.2) is 0 Å². The Morgan fingerprint density at radius 1 is 0.458 bits per heavy atom. The molecule has 2 heteroatoms. The van der Waals surface area contributed by atoms with Gasteiger partial charge in [-0.05, 0) is 13.8 Å². The van der Waals surface area contributed by atoms with Crippen molar-refractivity contribution in [3.05, 3.63) is 108 Å². The van der Waals surface area contributed by atoms with Crippen molar-refractivity contribution >= 4 is 11.6 Å². The third-order valence-corrected chi connectivity index (χ3v) is 3.03. The topological polar surface area (TPSA) is 34.1 Å². The molecule has 3 rings (SSSR count). The lowest BCUT2D eigenvalue weighted by atomic mass is 10.2. The SMILES string of the molecule is CC(=O)c1ccccc1.CC(=O)c1ccccc1.c1ccccc1. The van der Waals surface area contributed by atoms with Crippen LogP contribution in [0.25, 0.3) is 0 Å². The lowest BCUT2D eigenvalue weighted by molar-refractivity contribution is 0.100. The van der Waals surface area contributed by atoms with E-state index in [1.807, 2.05) is 97.1 Å². The molecule has 0 heterocycles. The Labute approximate surface area is 143 Å². The predicted molar refractivity (Wildman–Crippen MR) is 99.3 cm³/mol. The first-order valence-corrected chi connectivity index (χ1v) is 7.73. The van der Waals surface area contributed by atoms with Gasteiger partial charge in [-0.2, -0.15) is 0 Å². The van der Waals surface area contributed by atoms with Gasteiger partial charge in [-0.15, -0.1) is 0 Å². The maximum atomic E-state index is 10.6. The standard InChI is InChI=1S/2C8H8O.C6H6/c2*1-7(9)8-5-3-2-4-6-8;1-2-4-6-5-3-1/h2*2-6H,1H3;1-6H. The fourth-order valence-corrected chi connectivity index (χ4v) is 1.73. The van der Waals surface area contributed by atoms with Gasteiger partial charge in [-0.3, -0.25) is 9.59 Å². The van der Waals surface area contributed by atoms with Crippen LogP contribution in [0.4, 0.5) is 0 Å². The highest BCUT2D eigenvalue weighted by Crippen LogP contribution is 1.98. The minimum absolute atomic E-state index is 0.121. The summed E-state index contributed by atoms with van der Waals surface area (Å²) in [6.45, 7) is 3.13. The van der Waals surface area contributed by atoms with E-state index in [-0.39, 0.29) is 11.6 Å². The van der Waals surface area contributed by atoms with Crippen LogP contribution in [0.1, 0.15) is 34.6 Å². The molecule has 122 valence electrons. The number of Topliss-reactive ketones (excluding diaryl/α,β-unsaturated/α-hetero) is 2. The summed E-state index contributed by atoms with van der Waals surface area (Å²) in [4.78, 5) is 21.3. The van der Waals surface area contributed by atoms with Crippen LogP contribution in [0.3, 0.4) is 0 Å². The first-order chi connectivity index (χ1) is 11.6. The van der Waals surface area contributed by atoms with E-state index < -0.39 is 0 Å². The van der Waals surface area contributed by atoms with Gasteiger partial charge in [0.25, 0.3) is 0 Å². The van der Waals surface area contributed by atoms with Gasteiger partial charge in [0.05, 0.1) is 0 Å². The summed E-state index contributed by atoms with van der Waals surface area (Å²) in [5.41, 5.74) is 1.55. The number of benzene rings is 3. The van der Waals surface area contributed by atoms with Crippen molar-refractivity contribution in [1.29, 1.82) is 0 Å². The molecule has 0 atom stereocenters. The Bertz CT molecular complexity index is 629. The molecule has 0 fully saturated rings. The van der Waals surface area contributed by atoms with Gasteiger partial charge in [0.2, 0.25) is 0 Å². The summed E-state index contributed by atoms with van der Waals surface area (Å²) in [5.74, 6) is 0.242. The van der Waals surface area contributed by atoms with Crippen molar-refractivity contribution in [3.8, 4) is 0 Å². The zero-order valence-corrected chi connectivity index (χ0v) is 14.1. The van der Waals surface area contributed by atoms with Gasteiger partial charge in [0.1, 0.15) is 0 Å². The van der Waals surface area contributed by atoms with Crippen molar-refractivity contribution in [2.75, 3.05) is 0 Å². The highest BCUT2D eigenvalue weighted by molar-refractivity contribution is 5.94. The van der Waals surface area contributed by atoms with Crippen LogP contribution in [0.5, 0.6) is 0 Å². The van der Waals surface area contributed by atoms with Crippen LogP contribution in [0.15, 0.2) is 97.1 Å². The van der Waals surface area contributed by atoms with Crippen LogP contribution in [-0.2, 0) is 0 Å². The molecule has 0 radical (unpaired) electrons. The fourth-order valence-electron chi connectivity index (χ4n) is 1.73. The van der Waals surface area contributed by atoms with Gasteiger partial charge in [-0.1, -0.05) is 97.1 Å². The lowest BCUT2D eigenvalue weighted by Crippen LogP contribution is -1.88. The predicted octanol–water partition coefficient (Wildman–Crippen LogP) is 5.47. The molecule has 0 aliphatic heterocycles. The molecule has 2 nitrogen and oxygen atoms in total. The van der Waals surface area contributed by atoms with E-state index in [9.17, 15) is 9.59 Å². The second kappa shape index (κ2) is 11.6. The zero-order valence-electron chi connectivity index (χ0n) is 14.1. The normalized spacial score (nSPS) is 8.75. The van der Waals surface area contributed by atoms with Crippen LogP contribution >= 0.6 is 0 Å². The lowest BCUT2D eigenvalue weighted by Gasteiger charge is -1.89. The Hall–Kier alpha value is -3.00. The highest BCUT2D eigenvalue weighted by Gasteiger charge is 1.93. The van der Waals surface area contributed by atoms with E-state index in [2.05, 4.69) is 0 Å². The number of carbonyl (C=O) groups is 2. The van der Waals surface area contributed by atoms with Gasteiger partial charge >= 0.3 is 0 Å². The zero-order chi connectivity index (χ0) is 17.6. The van der Waals surface area contributed by atoms with E-state index in [1.165, 1.54) is 0 Å². The van der Waals surface area contributed by atoms with Crippen LogP contribution in [0.2, 0.25) is 0 Å². The fraction of sp³-hybridized carbons (Fsp3) is 0.0909. The Morgan fingerprint density at radius 2 is 0.667 bits per heavy atom. The van der Waals surface area contributed by atoms with Gasteiger partial charge in [0.15, 0.2) is 11.6 Å². The number of ketones is 2. The summed E-state index contributed by atoms with van der Waals surface area (Å²) in [5, 5.41) is 0. The number of hydrogen-bond acceptors (Lipinski definition) is 2. The molecule has 3 aromatic carbocycles. The highest BCUT2D eigenvalue weighted by atomic mass is 16.1. The van der Waals surface area contributed by atoms with E-state index in [0.29, 0.717) is 0 Å². The molecule has 0 N–H and O–H groups in total. The third-order valence-electron chi connectivity index (χ3n) is 3.03. The molecule has 3 aromatic rings. The molecule has 0 aliphatic carbocycles. The monoisotopic (exact) mass is 318 g/mol. The smallest absolute Gasteiger partial charge is 0.159 e. The second-order valence-electron chi connectivity index (χ2n) is 5.00. The van der Waals surface area contributed by atoms with Crippen LogP contribution in [-0.4, -0.2) is 11.6 Å². The molecule has 24 heavy (non-hydrogen) atoms. The van der Waals surface area contributed by atoms with E-state index >= 15 is 0 Å².